The summed E-state index contributed by atoms with van der Waals surface area (Å²) in [5.74, 6) is 2.73. The van der Waals surface area contributed by atoms with E-state index in [1.54, 1.807) is 0 Å². The molecule has 0 atom stereocenters. The van der Waals surface area contributed by atoms with Crippen molar-refractivity contribution in [3.8, 4) is 56.4 Å². The zero-order valence-electron chi connectivity index (χ0n) is 29.2. The largest absolute Gasteiger partial charge is 0.456 e. The molecule has 0 N–H and O–H groups in total. The summed E-state index contributed by atoms with van der Waals surface area (Å²) in [6.45, 7) is 0. The fourth-order valence-electron chi connectivity index (χ4n) is 7.96. The van der Waals surface area contributed by atoms with Crippen molar-refractivity contribution in [3.63, 3.8) is 0 Å². The highest BCUT2D eigenvalue weighted by molar-refractivity contribution is 6.15. The van der Waals surface area contributed by atoms with Crippen molar-refractivity contribution in [2.75, 3.05) is 0 Å². The van der Waals surface area contributed by atoms with Crippen molar-refractivity contribution < 1.29 is 8.83 Å². The highest BCUT2D eigenvalue weighted by atomic mass is 16.3. The molecular weight excluding hydrogens is 663 g/mol. The van der Waals surface area contributed by atoms with Gasteiger partial charge in [0.05, 0.1) is 0 Å². The summed E-state index contributed by atoms with van der Waals surface area (Å²) in [6, 6.07) is 52.5. The van der Waals surface area contributed by atoms with Crippen LogP contribution in [0.3, 0.4) is 0 Å². The number of allylic oxidation sites excluding steroid dienone is 1. The van der Waals surface area contributed by atoms with E-state index in [2.05, 4.69) is 109 Å². The van der Waals surface area contributed by atoms with Gasteiger partial charge in [0, 0.05) is 38.4 Å². The third kappa shape index (κ3) is 5.05. The smallest absolute Gasteiger partial charge is 0.165 e. The summed E-state index contributed by atoms with van der Waals surface area (Å²) in [7, 11) is 0. The van der Waals surface area contributed by atoms with Crippen molar-refractivity contribution in [1.29, 1.82) is 0 Å². The molecule has 7 aromatic carbocycles. The first-order valence-electron chi connectivity index (χ1n) is 18.3. The molecule has 0 radical (unpaired) electrons. The number of benzene rings is 7. The number of aromatic nitrogens is 3. The maximum Gasteiger partial charge on any atom is 0.165 e. The van der Waals surface area contributed by atoms with Crippen molar-refractivity contribution >= 4 is 49.8 Å². The summed E-state index contributed by atoms with van der Waals surface area (Å²) < 4.78 is 12.9. The molecule has 1 aliphatic rings. The van der Waals surface area contributed by atoms with E-state index in [-0.39, 0.29) is 0 Å². The van der Waals surface area contributed by atoms with Crippen molar-refractivity contribution in [3.05, 3.63) is 169 Å². The molecule has 3 aromatic heterocycles. The Morgan fingerprint density at radius 1 is 0.444 bits per heavy atom. The highest BCUT2D eigenvalue weighted by Gasteiger charge is 2.23. The molecule has 0 aliphatic heterocycles. The lowest BCUT2D eigenvalue weighted by molar-refractivity contribution is 0.595. The van der Waals surface area contributed by atoms with Crippen LogP contribution in [-0.4, -0.2) is 15.0 Å². The van der Waals surface area contributed by atoms with E-state index in [1.807, 2.05) is 54.6 Å². The molecule has 3 heterocycles. The minimum Gasteiger partial charge on any atom is -0.456 e. The van der Waals surface area contributed by atoms with E-state index in [1.165, 1.54) is 16.7 Å². The Balaban J connectivity index is 1.15. The Kier molecular flexibility index (Phi) is 6.92. The molecule has 0 spiro atoms. The van der Waals surface area contributed by atoms with E-state index in [4.69, 9.17) is 23.8 Å². The van der Waals surface area contributed by atoms with Crippen LogP contribution in [0.25, 0.3) is 106 Å². The number of fused-ring (bicyclic) bond motifs is 7. The van der Waals surface area contributed by atoms with Gasteiger partial charge in [-0.2, -0.15) is 0 Å². The Morgan fingerprint density at radius 2 is 1.13 bits per heavy atom. The molecule has 0 fully saturated rings. The van der Waals surface area contributed by atoms with Gasteiger partial charge in [0.15, 0.2) is 17.5 Å². The van der Waals surface area contributed by atoms with Gasteiger partial charge in [0.25, 0.3) is 0 Å². The maximum atomic E-state index is 6.45. The normalized spacial score (nSPS) is 12.6. The summed E-state index contributed by atoms with van der Waals surface area (Å²) in [5.41, 5.74) is 10.8. The van der Waals surface area contributed by atoms with Gasteiger partial charge in [-0.15, -0.1) is 0 Å². The second-order valence-corrected chi connectivity index (χ2v) is 13.9. The molecule has 11 rings (SSSR count). The minimum atomic E-state index is 0.576. The number of aryl methyl sites for hydroxylation is 1. The molecule has 0 saturated carbocycles. The first-order chi connectivity index (χ1) is 26.7. The molecule has 1 aliphatic carbocycles. The summed E-state index contributed by atoms with van der Waals surface area (Å²) in [4.78, 5) is 15.7. The van der Waals surface area contributed by atoms with Crippen molar-refractivity contribution in [2.45, 2.75) is 12.8 Å². The molecule has 0 saturated heterocycles. The molecular formula is C49H31N3O2. The molecule has 5 heteroatoms. The van der Waals surface area contributed by atoms with Gasteiger partial charge in [-0.1, -0.05) is 121 Å². The first kappa shape index (κ1) is 30.5. The van der Waals surface area contributed by atoms with Gasteiger partial charge in [-0.05, 0) is 88.3 Å². The topological polar surface area (TPSA) is 65.0 Å². The Bertz CT molecular complexity index is 3100. The quantitative estimate of drug-likeness (QED) is 0.179. The second-order valence-electron chi connectivity index (χ2n) is 13.9. The third-order valence-electron chi connectivity index (χ3n) is 10.6. The predicted molar refractivity (Wildman–Crippen MR) is 219 cm³/mol. The average molecular weight is 694 g/mol. The Hall–Kier alpha value is -7.11. The zero-order chi connectivity index (χ0) is 35.6. The van der Waals surface area contributed by atoms with Crippen LogP contribution >= 0.6 is 0 Å². The summed E-state index contributed by atoms with van der Waals surface area (Å²) in [5, 5.41) is 5.40. The zero-order valence-corrected chi connectivity index (χ0v) is 29.2. The van der Waals surface area contributed by atoms with Gasteiger partial charge in [-0.25, -0.2) is 15.0 Å². The van der Waals surface area contributed by atoms with E-state index < -0.39 is 0 Å². The van der Waals surface area contributed by atoms with Crippen LogP contribution in [0.4, 0.5) is 0 Å². The van der Waals surface area contributed by atoms with Gasteiger partial charge in [-0.3, -0.25) is 0 Å². The Morgan fingerprint density at radius 3 is 1.96 bits per heavy atom. The fourth-order valence-corrected chi connectivity index (χ4v) is 7.96. The van der Waals surface area contributed by atoms with Gasteiger partial charge in [0.1, 0.15) is 22.5 Å². The summed E-state index contributed by atoms with van der Waals surface area (Å²) in [6.07, 6.45) is 6.28. The number of hydrogen-bond donors (Lipinski definition) is 0. The second kappa shape index (κ2) is 12.2. The summed E-state index contributed by atoms with van der Waals surface area (Å²) >= 11 is 0. The molecule has 5 nitrogen and oxygen atoms in total. The fraction of sp³-hybridized carbons (Fsp3) is 0.0408. The molecule has 254 valence electrons. The molecule has 0 amide bonds. The SMILES string of the molecule is C1=Cc2oc3cc(-c4ccc5oc6ccccc6c5c4-c4nc(-c5ccccc5)nc(-c5ccc6cc(-c7ccccc7)ccc6c5)n4)ccc3c2CC1. The van der Waals surface area contributed by atoms with Crippen LogP contribution in [0, 0.1) is 0 Å². The van der Waals surface area contributed by atoms with Gasteiger partial charge in [0.2, 0.25) is 0 Å². The lowest BCUT2D eigenvalue weighted by Crippen LogP contribution is -2.01. The maximum absolute atomic E-state index is 6.45. The highest BCUT2D eigenvalue weighted by Crippen LogP contribution is 2.44. The van der Waals surface area contributed by atoms with Crippen molar-refractivity contribution in [1.82, 2.24) is 15.0 Å². The average Bonchev–Trinajstić information content (AvgIpc) is 3.81. The van der Waals surface area contributed by atoms with Gasteiger partial charge < -0.3 is 8.83 Å². The van der Waals surface area contributed by atoms with Crippen molar-refractivity contribution in [2.24, 2.45) is 0 Å². The monoisotopic (exact) mass is 693 g/mol. The van der Waals surface area contributed by atoms with E-state index >= 15 is 0 Å². The van der Waals surface area contributed by atoms with Gasteiger partial charge >= 0.3 is 0 Å². The number of nitrogens with zero attached hydrogens (tertiary/aromatic N) is 3. The first-order valence-corrected chi connectivity index (χ1v) is 18.3. The molecule has 54 heavy (non-hydrogen) atoms. The van der Waals surface area contributed by atoms with Crippen LogP contribution in [0.1, 0.15) is 17.7 Å². The van der Waals surface area contributed by atoms with Crippen LogP contribution in [0.2, 0.25) is 0 Å². The molecule has 0 bridgehead atoms. The van der Waals surface area contributed by atoms with Crippen LogP contribution in [0.15, 0.2) is 167 Å². The van der Waals surface area contributed by atoms with Crippen LogP contribution in [0.5, 0.6) is 0 Å². The molecule has 0 unspecified atom stereocenters. The van der Waals surface area contributed by atoms with E-state index in [0.717, 1.165) is 90.1 Å². The predicted octanol–water partition coefficient (Wildman–Crippen LogP) is 13.0. The number of para-hydroxylation sites is 1. The Labute approximate surface area is 310 Å². The lowest BCUT2D eigenvalue weighted by atomic mass is 9.93. The molecule has 10 aromatic rings. The van der Waals surface area contributed by atoms with E-state index in [9.17, 15) is 0 Å². The standard InChI is InChI=1S/C49H31N3O2/c1-3-11-30(12-4-1)32-19-20-34-28-36(22-21-33(34)27-32)48-50-47(31-13-5-2-6-14-31)51-49(52-48)46-37(25-26-43-45(46)40-16-8-10-18-42(40)53-43)35-23-24-39-38-15-7-9-17-41(38)54-44(39)29-35/h1-6,8-14,16-29H,7,15H2. The lowest BCUT2D eigenvalue weighted by Gasteiger charge is -2.14. The minimum absolute atomic E-state index is 0.576. The van der Waals surface area contributed by atoms with E-state index in [0.29, 0.717) is 17.5 Å². The van der Waals surface area contributed by atoms with Crippen LogP contribution in [-0.2, 0) is 6.42 Å². The number of furan rings is 2. The van der Waals surface area contributed by atoms with Crippen LogP contribution < -0.4 is 0 Å². The number of rotatable bonds is 5. The number of hydrogen-bond acceptors (Lipinski definition) is 5. The third-order valence-corrected chi connectivity index (χ3v) is 10.6.